The Morgan fingerprint density at radius 3 is 2.67 bits per heavy atom. The molecule has 6 nitrogen and oxygen atoms in total. The normalized spacial score (nSPS) is 17.5. The van der Waals surface area contributed by atoms with Crippen molar-refractivity contribution in [3.63, 3.8) is 0 Å². The molecule has 0 bridgehead atoms. The highest BCUT2D eigenvalue weighted by atomic mass is 19.1. The fraction of sp³-hybridized carbons (Fsp3) is 0.588. The van der Waals surface area contributed by atoms with Gasteiger partial charge in [-0.3, -0.25) is 4.90 Å². The van der Waals surface area contributed by atoms with Gasteiger partial charge in [0.25, 0.3) is 0 Å². The van der Waals surface area contributed by atoms with Crippen molar-refractivity contribution in [1.82, 2.24) is 14.7 Å². The number of carbonyl (C=O) groups is 1. The number of nitrogens with zero attached hydrogens (tertiary/aromatic N) is 3. The predicted molar refractivity (Wildman–Crippen MR) is 92.7 cm³/mol. The molecule has 2 amide bonds. The molecule has 24 heavy (non-hydrogen) atoms. The van der Waals surface area contributed by atoms with Crippen LogP contribution in [-0.4, -0.2) is 85.3 Å². The van der Waals surface area contributed by atoms with Gasteiger partial charge in [-0.15, -0.1) is 0 Å². The topological polar surface area (TPSA) is 59.1 Å². The van der Waals surface area contributed by atoms with Crippen molar-refractivity contribution in [2.45, 2.75) is 13.0 Å². The van der Waals surface area contributed by atoms with Gasteiger partial charge in [0.2, 0.25) is 0 Å². The lowest BCUT2D eigenvalue weighted by Gasteiger charge is -2.34. The lowest BCUT2D eigenvalue weighted by Crippen LogP contribution is -2.49. The molecule has 1 aliphatic rings. The Hall–Kier alpha value is -1.70. The van der Waals surface area contributed by atoms with E-state index in [9.17, 15) is 14.3 Å². The Labute approximate surface area is 142 Å². The van der Waals surface area contributed by atoms with E-state index in [1.165, 1.54) is 17.0 Å². The molecule has 0 aliphatic carbocycles. The number of aryl methyl sites for hydroxylation is 1. The number of nitrogens with one attached hydrogen (secondary N) is 1. The smallest absolute Gasteiger partial charge is 0.321 e. The van der Waals surface area contributed by atoms with Gasteiger partial charge in [0.15, 0.2) is 0 Å². The molecule has 1 fully saturated rings. The van der Waals surface area contributed by atoms with Gasteiger partial charge in [0.1, 0.15) is 5.82 Å². The highest BCUT2D eigenvalue weighted by Crippen LogP contribution is 2.15. The van der Waals surface area contributed by atoms with Crippen LogP contribution in [0.2, 0.25) is 0 Å². The maximum atomic E-state index is 13.8. The minimum Gasteiger partial charge on any atom is -0.390 e. The van der Waals surface area contributed by atoms with Gasteiger partial charge < -0.3 is 20.2 Å². The summed E-state index contributed by atoms with van der Waals surface area (Å²) in [4.78, 5) is 18.0. The lowest BCUT2D eigenvalue weighted by molar-refractivity contribution is 0.0670. The van der Waals surface area contributed by atoms with Crippen LogP contribution in [0.3, 0.4) is 0 Å². The van der Waals surface area contributed by atoms with E-state index in [-0.39, 0.29) is 12.2 Å². The van der Waals surface area contributed by atoms with Crippen LogP contribution in [0.5, 0.6) is 0 Å². The zero-order valence-electron chi connectivity index (χ0n) is 14.6. The molecule has 134 valence electrons. The maximum Gasteiger partial charge on any atom is 0.321 e. The van der Waals surface area contributed by atoms with Crippen LogP contribution in [0.4, 0.5) is 14.9 Å². The molecular formula is C17H27FN4O2. The molecule has 1 aromatic carbocycles. The third-order valence-corrected chi connectivity index (χ3v) is 4.26. The number of carbonyl (C=O) groups excluding carboxylic acids is 1. The third-order valence-electron chi connectivity index (χ3n) is 4.26. The highest BCUT2D eigenvalue weighted by molar-refractivity contribution is 5.89. The Morgan fingerprint density at radius 1 is 1.38 bits per heavy atom. The third kappa shape index (κ3) is 5.43. The molecular weight excluding hydrogens is 311 g/mol. The van der Waals surface area contributed by atoms with Crippen LogP contribution < -0.4 is 5.32 Å². The van der Waals surface area contributed by atoms with Crippen molar-refractivity contribution in [3.05, 3.63) is 29.6 Å². The van der Waals surface area contributed by atoms with E-state index in [4.69, 9.17) is 0 Å². The average Bonchev–Trinajstić information content (AvgIpc) is 2.52. The maximum absolute atomic E-state index is 13.8. The van der Waals surface area contributed by atoms with Crippen molar-refractivity contribution >= 4 is 11.7 Å². The summed E-state index contributed by atoms with van der Waals surface area (Å²) in [5.74, 6) is -0.463. The molecule has 0 spiro atoms. The van der Waals surface area contributed by atoms with Gasteiger partial charge in [-0.2, -0.15) is 0 Å². The summed E-state index contributed by atoms with van der Waals surface area (Å²) in [5.41, 5.74) is 0.937. The Bertz CT molecular complexity index is 562. The number of benzene rings is 1. The monoisotopic (exact) mass is 338 g/mol. The fourth-order valence-corrected chi connectivity index (χ4v) is 2.72. The number of hydrogen-bond donors (Lipinski definition) is 2. The molecule has 0 radical (unpaired) electrons. The standard InChI is InChI=1S/C17H27FN4O2/c1-13-4-5-16(15(18)10-13)19-17(24)21(3)11-14(23)12-22-8-6-20(2)7-9-22/h4-5,10,14,23H,6-9,11-12H2,1-3H3,(H,19,24). The van der Waals surface area contributed by atoms with Crippen LogP contribution in [0, 0.1) is 12.7 Å². The van der Waals surface area contributed by atoms with Crippen LogP contribution in [0.15, 0.2) is 18.2 Å². The second kappa shape index (κ2) is 8.41. The van der Waals surface area contributed by atoms with E-state index in [0.29, 0.717) is 6.54 Å². The number of anilines is 1. The molecule has 1 heterocycles. The Morgan fingerprint density at radius 2 is 2.04 bits per heavy atom. The van der Waals surface area contributed by atoms with Crippen LogP contribution in [-0.2, 0) is 0 Å². The van der Waals surface area contributed by atoms with E-state index in [1.807, 2.05) is 0 Å². The molecule has 1 unspecified atom stereocenters. The van der Waals surface area contributed by atoms with Crippen LogP contribution in [0.25, 0.3) is 0 Å². The summed E-state index contributed by atoms with van der Waals surface area (Å²) >= 11 is 0. The quantitative estimate of drug-likeness (QED) is 0.847. The number of hydrogen-bond acceptors (Lipinski definition) is 4. The summed E-state index contributed by atoms with van der Waals surface area (Å²) < 4.78 is 13.8. The summed E-state index contributed by atoms with van der Waals surface area (Å²) in [6.07, 6.45) is -0.632. The number of aliphatic hydroxyl groups is 1. The van der Waals surface area contributed by atoms with E-state index in [2.05, 4.69) is 22.2 Å². The van der Waals surface area contributed by atoms with Gasteiger partial charge >= 0.3 is 6.03 Å². The average molecular weight is 338 g/mol. The van der Waals surface area contributed by atoms with Crippen LogP contribution in [0.1, 0.15) is 5.56 Å². The first kappa shape index (κ1) is 18.6. The van der Waals surface area contributed by atoms with Gasteiger partial charge in [0.05, 0.1) is 11.8 Å². The summed E-state index contributed by atoms with van der Waals surface area (Å²) in [7, 11) is 3.67. The molecule has 1 atom stereocenters. The Balaban J connectivity index is 1.80. The number of urea groups is 1. The number of likely N-dealkylation sites (N-methyl/N-ethyl adjacent to an activating group) is 2. The zero-order chi connectivity index (χ0) is 17.7. The van der Waals surface area contributed by atoms with Crippen molar-refractivity contribution < 1.29 is 14.3 Å². The van der Waals surface area contributed by atoms with Crippen molar-refractivity contribution in [1.29, 1.82) is 0 Å². The molecule has 1 aliphatic heterocycles. The van der Waals surface area contributed by atoms with Gasteiger partial charge in [-0.25, -0.2) is 9.18 Å². The van der Waals surface area contributed by atoms with E-state index < -0.39 is 18.0 Å². The number of amides is 2. The van der Waals surface area contributed by atoms with Gasteiger partial charge in [0, 0.05) is 46.3 Å². The van der Waals surface area contributed by atoms with Crippen molar-refractivity contribution in [2.24, 2.45) is 0 Å². The lowest BCUT2D eigenvalue weighted by atomic mass is 10.2. The van der Waals surface area contributed by atoms with Gasteiger partial charge in [-0.1, -0.05) is 6.07 Å². The fourth-order valence-electron chi connectivity index (χ4n) is 2.72. The first-order valence-electron chi connectivity index (χ1n) is 8.22. The van der Waals surface area contributed by atoms with Crippen molar-refractivity contribution in [3.8, 4) is 0 Å². The first-order valence-corrected chi connectivity index (χ1v) is 8.22. The second-order valence-electron chi connectivity index (χ2n) is 6.55. The molecule has 0 aromatic heterocycles. The number of halogens is 1. The predicted octanol–water partition coefficient (Wildman–Crippen LogP) is 1.21. The van der Waals surface area contributed by atoms with E-state index >= 15 is 0 Å². The largest absolute Gasteiger partial charge is 0.390 e. The van der Waals surface area contributed by atoms with Gasteiger partial charge in [-0.05, 0) is 31.7 Å². The second-order valence-corrected chi connectivity index (χ2v) is 6.55. The summed E-state index contributed by atoms with van der Waals surface area (Å²) in [6, 6.07) is 4.21. The van der Waals surface area contributed by atoms with E-state index in [0.717, 1.165) is 31.7 Å². The summed E-state index contributed by atoms with van der Waals surface area (Å²) in [6.45, 7) is 6.31. The zero-order valence-corrected chi connectivity index (χ0v) is 14.6. The first-order chi connectivity index (χ1) is 11.3. The minimum absolute atomic E-state index is 0.144. The number of aliphatic hydroxyl groups excluding tert-OH is 1. The van der Waals surface area contributed by atoms with E-state index in [1.54, 1.807) is 20.0 Å². The minimum atomic E-state index is -0.632. The molecule has 1 saturated heterocycles. The molecule has 7 heteroatoms. The molecule has 0 saturated carbocycles. The highest BCUT2D eigenvalue weighted by Gasteiger charge is 2.20. The Kier molecular flexibility index (Phi) is 6.53. The van der Waals surface area contributed by atoms with Crippen molar-refractivity contribution in [2.75, 3.05) is 58.7 Å². The number of β-amino-alcohol motifs (C(OH)–C–C–N with tert-alkyl or cyclic N) is 1. The summed E-state index contributed by atoms with van der Waals surface area (Å²) in [5, 5.41) is 12.7. The number of rotatable bonds is 5. The molecule has 2 N–H and O–H groups in total. The van der Waals surface area contributed by atoms with Crippen LogP contribution >= 0.6 is 0 Å². The number of piperazine rings is 1. The molecule has 2 rings (SSSR count). The SMILES string of the molecule is Cc1ccc(NC(=O)N(C)CC(O)CN2CCN(C)CC2)c(F)c1. The molecule has 1 aromatic rings.